The maximum Gasteiger partial charge on any atom is 0.316 e. The highest BCUT2D eigenvalue weighted by Gasteiger charge is 2.16. The predicted molar refractivity (Wildman–Crippen MR) is 108 cm³/mol. The second kappa shape index (κ2) is 8.54. The van der Waals surface area contributed by atoms with Crippen molar-refractivity contribution in [3.8, 4) is 5.69 Å². The Morgan fingerprint density at radius 1 is 1.11 bits per heavy atom. The summed E-state index contributed by atoms with van der Waals surface area (Å²) < 4.78 is 7.00. The minimum atomic E-state index is -0.409. The van der Waals surface area contributed by atoms with E-state index in [4.69, 9.17) is 4.74 Å². The van der Waals surface area contributed by atoms with E-state index in [-0.39, 0.29) is 18.1 Å². The van der Waals surface area contributed by atoms with Crippen LogP contribution in [0.4, 0.5) is 0 Å². The van der Waals surface area contributed by atoms with E-state index in [0.29, 0.717) is 4.88 Å². The van der Waals surface area contributed by atoms with Gasteiger partial charge in [0.15, 0.2) is 6.61 Å². The van der Waals surface area contributed by atoms with E-state index in [2.05, 4.69) is 5.10 Å². The number of ether oxygens (including phenoxy) is 1. The molecule has 0 saturated carbocycles. The minimum absolute atomic E-state index is 0.138. The van der Waals surface area contributed by atoms with Crippen LogP contribution in [-0.2, 0) is 9.53 Å². The molecule has 0 spiro atoms. The van der Waals surface area contributed by atoms with Gasteiger partial charge in [-0.25, -0.2) is 4.68 Å². The Hall–Kier alpha value is -2.38. The number of carbonyl (C=O) groups excluding carboxylic acids is 2. The van der Waals surface area contributed by atoms with Crippen molar-refractivity contribution in [2.45, 2.75) is 25.7 Å². The van der Waals surface area contributed by atoms with Crippen molar-refractivity contribution in [1.29, 1.82) is 0 Å². The number of para-hydroxylation sites is 1. The van der Waals surface area contributed by atoms with Crippen LogP contribution in [0.25, 0.3) is 5.69 Å². The number of carbonyl (C=O) groups is 2. The highest BCUT2D eigenvalue weighted by molar-refractivity contribution is 8.00. The Balaban J connectivity index is 1.57. The zero-order valence-electron chi connectivity index (χ0n) is 15.4. The third-order valence-corrected chi connectivity index (χ3v) is 6.24. The van der Waals surface area contributed by atoms with Gasteiger partial charge in [0, 0.05) is 4.88 Å². The van der Waals surface area contributed by atoms with Crippen LogP contribution in [0.3, 0.4) is 0 Å². The molecular weight excluding hydrogens is 380 g/mol. The number of aryl methyl sites for hydroxylation is 2. The number of rotatable bonds is 7. The Morgan fingerprint density at radius 2 is 1.85 bits per heavy atom. The van der Waals surface area contributed by atoms with Gasteiger partial charge in [0.1, 0.15) is 0 Å². The molecule has 1 aromatic carbocycles. The molecule has 0 aliphatic rings. The maximum absolute atomic E-state index is 12.0. The molecule has 0 amide bonds. The van der Waals surface area contributed by atoms with Gasteiger partial charge in [0.25, 0.3) is 0 Å². The van der Waals surface area contributed by atoms with E-state index >= 15 is 0 Å². The van der Waals surface area contributed by atoms with E-state index in [9.17, 15) is 9.59 Å². The molecule has 0 unspecified atom stereocenters. The molecule has 0 aliphatic carbocycles. The van der Waals surface area contributed by atoms with Crippen molar-refractivity contribution in [1.82, 2.24) is 9.78 Å². The first-order valence-corrected chi connectivity index (χ1v) is 10.3. The van der Waals surface area contributed by atoms with Crippen LogP contribution >= 0.6 is 23.1 Å². The van der Waals surface area contributed by atoms with Crippen LogP contribution in [0.5, 0.6) is 0 Å². The van der Waals surface area contributed by atoms with Crippen LogP contribution in [0, 0.1) is 20.8 Å². The summed E-state index contributed by atoms with van der Waals surface area (Å²) in [5.74, 6) is -0.442. The molecule has 7 heteroatoms. The monoisotopic (exact) mass is 400 g/mol. The highest BCUT2D eigenvalue weighted by atomic mass is 32.2. The van der Waals surface area contributed by atoms with Gasteiger partial charge in [-0.1, -0.05) is 18.2 Å². The zero-order valence-corrected chi connectivity index (χ0v) is 17.0. The second-order valence-corrected chi connectivity index (χ2v) is 8.30. The van der Waals surface area contributed by atoms with Crippen LogP contribution in [0.1, 0.15) is 25.9 Å². The lowest BCUT2D eigenvalue weighted by molar-refractivity contribution is -0.139. The summed E-state index contributed by atoms with van der Waals surface area (Å²) in [7, 11) is 0. The molecule has 0 radical (unpaired) electrons. The molecule has 3 aromatic rings. The third kappa shape index (κ3) is 4.67. The Kier molecular flexibility index (Phi) is 6.13. The maximum atomic E-state index is 12.0. The lowest BCUT2D eigenvalue weighted by Gasteiger charge is -2.06. The molecule has 0 N–H and O–H groups in total. The molecule has 0 saturated heterocycles. The molecular formula is C20H20N2O3S2. The van der Waals surface area contributed by atoms with E-state index < -0.39 is 5.97 Å². The molecule has 0 bridgehead atoms. The molecule has 5 nitrogen and oxygen atoms in total. The first-order valence-electron chi connectivity index (χ1n) is 8.45. The van der Waals surface area contributed by atoms with Crippen molar-refractivity contribution in [2.75, 3.05) is 12.4 Å². The van der Waals surface area contributed by atoms with E-state index in [1.165, 1.54) is 23.1 Å². The number of hydrogen-bond acceptors (Lipinski definition) is 6. The second-order valence-electron chi connectivity index (χ2n) is 6.03. The topological polar surface area (TPSA) is 61.2 Å². The highest BCUT2D eigenvalue weighted by Crippen LogP contribution is 2.28. The fraction of sp³-hybridized carbons (Fsp3) is 0.250. The van der Waals surface area contributed by atoms with Gasteiger partial charge >= 0.3 is 5.97 Å². The first kappa shape index (κ1) is 19.4. The van der Waals surface area contributed by atoms with Gasteiger partial charge in [-0.05, 0) is 45.0 Å². The van der Waals surface area contributed by atoms with E-state index in [0.717, 1.165) is 26.8 Å². The number of aromatic nitrogens is 2. The Labute approximate surface area is 166 Å². The smallest absolute Gasteiger partial charge is 0.316 e. The number of thiophene rings is 1. The summed E-state index contributed by atoms with van der Waals surface area (Å²) in [5.41, 5.74) is 2.81. The lowest BCUT2D eigenvalue weighted by atomic mass is 10.3. The Bertz CT molecular complexity index is 961. The van der Waals surface area contributed by atoms with E-state index in [1.807, 2.05) is 61.9 Å². The van der Waals surface area contributed by atoms with Gasteiger partial charge < -0.3 is 4.74 Å². The molecule has 140 valence electrons. The molecule has 2 heterocycles. The van der Waals surface area contributed by atoms with E-state index in [1.54, 1.807) is 6.07 Å². The number of Topliss-reactive ketones (excluding diaryl/α,β-unsaturated/α-hetero) is 1. The van der Waals surface area contributed by atoms with Crippen LogP contribution in [0.2, 0.25) is 0 Å². The fourth-order valence-electron chi connectivity index (χ4n) is 2.63. The summed E-state index contributed by atoms with van der Waals surface area (Å²) in [6.45, 7) is 5.61. The number of nitrogens with zero attached hydrogens (tertiary/aromatic N) is 2. The van der Waals surface area contributed by atoms with Crippen molar-refractivity contribution in [3.63, 3.8) is 0 Å². The van der Waals surface area contributed by atoms with Crippen LogP contribution in [0.15, 0.2) is 47.4 Å². The average Bonchev–Trinajstić information content (AvgIpc) is 3.22. The van der Waals surface area contributed by atoms with Gasteiger partial charge in [-0.15, -0.1) is 23.1 Å². The SMILES string of the molecule is Cc1ccc(C(=O)COC(=O)CSc2c(C)nn(-c3ccccc3)c2C)s1. The molecule has 2 aromatic heterocycles. The zero-order chi connectivity index (χ0) is 19.4. The fourth-order valence-corrected chi connectivity index (χ4v) is 4.31. The van der Waals surface area contributed by atoms with Gasteiger partial charge in [0.2, 0.25) is 5.78 Å². The summed E-state index contributed by atoms with van der Waals surface area (Å²) >= 11 is 2.79. The predicted octanol–water partition coefficient (Wildman–Crippen LogP) is 4.38. The summed E-state index contributed by atoms with van der Waals surface area (Å²) in [4.78, 5) is 26.7. The van der Waals surface area contributed by atoms with Crippen LogP contribution < -0.4 is 0 Å². The van der Waals surface area contributed by atoms with Gasteiger partial charge in [-0.2, -0.15) is 5.10 Å². The average molecular weight is 401 g/mol. The van der Waals surface area contributed by atoms with Gasteiger partial charge in [-0.3, -0.25) is 9.59 Å². The first-order chi connectivity index (χ1) is 13.0. The molecule has 27 heavy (non-hydrogen) atoms. The van der Waals surface area contributed by atoms with Crippen molar-refractivity contribution >= 4 is 34.9 Å². The molecule has 0 aliphatic heterocycles. The standard InChI is InChI=1S/C20H20N2O3S2/c1-13-9-10-18(27-13)17(23)11-25-19(24)12-26-20-14(2)21-22(15(20)3)16-7-5-4-6-8-16/h4-10H,11-12H2,1-3H3. The Morgan fingerprint density at radius 3 is 2.52 bits per heavy atom. The third-order valence-electron chi connectivity index (χ3n) is 3.94. The lowest BCUT2D eigenvalue weighted by Crippen LogP contribution is -2.14. The quantitative estimate of drug-likeness (QED) is 0.335. The molecule has 3 rings (SSSR count). The van der Waals surface area contributed by atoms with Gasteiger partial charge in [0.05, 0.1) is 32.6 Å². The number of benzene rings is 1. The van der Waals surface area contributed by atoms with Crippen molar-refractivity contribution in [3.05, 3.63) is 63.6 Å². The van der Waals surface area contributed by atoms with Crippen molar-refractivity contribution in [2.24, 2.45) is 0 Å². The molecule has 0 atom stereocenters. The van der Waals surface area contributed by atoms with Crippen LogP contribution in [-0.4, -0.2) is 33.9 Å². The largest absolute Gasteiger partial charge is 0.457 e. The number of esters is 1. The number of ketones is 1. The number of thioether (sulfide) groups is 1. The normalized spacial score (nSPS) is 10.8. The molecule has 0 fully saturated rings. The van der Waals surface area contributed by atoms with Crippen molar-refractivity contribution < 1.29 is 14.3 Å². The summed E-state index contributed by atoms with van der Waals surface area (Å²) in [6, 6.07) is 13.5. The summed E-state index contributed by atoms with van der Waals surface area (Å²) in [6.07, 6.45) is 0. The minimum Gasteiger partial charge on any atom is -0.457 e. The summed E-state index contributed by atoms with van der Waals surface area (Å²) in [5, 5.41) is 4.57. The number of hydrogen-bond donors (Lipinski definition) is 0.